The number of rotatable bonds is 7. The smallest absolute Gasteiger partial charge is 0.229 e. The fourth-order valence-corrected chi connectivity index (χ4v) is 5.22. The van der Waals surface area contributed by atoms with Gasteiger partial charge in [0.2, 0.25) is 16.0 Å². The number of aryl methyl sites for hydroxylation is 2. The second-order valence-electron chi connectivity index (χ2n) is 8.25. The van der Waals surface area contributed by atoms with E-state index in [1.165, 1.54) is 4.31 Å². The van der Waals surface area contributed by atoms with Gasteiger partial charge < -0.3 is 15.4 Å². The van der Waals surface area contributed by atoms with E-state index in [2.05, 4.69) is 20.6 Å². The SMILES string of the molecule is CCS(=O)(=O)N1CCc2cc(Nc3nc(Nc4cc(C)c(OC)c(C)c4)ncc3F)ccc2C1. The van der Waals surface area contributed by atoms with Gasteiger partial charge in [0.1, 0.15) is 5.75 Å². The lowest BCUT2D eigenvalue weighted by Crippen LogP contribution is -2.36. The highest BCUT2D eigenvalue weighted by molar-refractivity contribution is 7.89. The van der Waals surface area contributed by atoms with Crippen LogP contribution >= 0.6 is 0 Å². The standard InChI is InChI=1S/C24H28FN5O3S/c1-5-34(31,32)30-9-8-17-12-19(7-6-18(17)14-30)27-23-21(25)13-26-24(29-23)28-20-10-15(2)22(33-4)16(3)11-20/h6-7,10-13H,5,8-9,14H2,1-4H3,(H2,26,27,28,29). The molecule has 0 unspecified atom stereocenters. The van der Waals surface area contributed by atoms with Gasteiger partial charge in [-0.05, 0) is 73.7 Å². The average Bonchev–Trinajstić information content (AvgIpc) is 2.80. The monoisotopic (exact) mass is 485 g/mol. The molecule has 3 aromatic rings. The number of methoxy groups -OCH3 is 1. The maximum atomic E-state index is 14.5. The molecule has 0 fully saturated rings. The molecule has 4 rings (SSSR count). The third kappa shape index (κ3) is 4.97. The van der Waals surface area contributed by atoms with Crippen LogP contribution in [0.1, 0.15) is 29.2 Å². The fourth-order valence-electron chi connectivity index (χ4n) is 4.15. The molecule has 0 saturated heterocycles. The van der Waals surface area contributed by atoms with Gasteiger partial charge >= 0.3 is 0 Å². The first-order valence-electron chi connectivity index (χ1n) is 11.0. The van der Waals surface area contributed by atoms with Crippen molar-refractivity contribution in [2.75, 3.05) is 30.0 Å². The molecule has 0 atom stereocenters. The zero-order valence-electron chi connectivity index (χ0n) is 19.6. The lowest BCUT2D eigenvalue weighted by molar-refractivity contribution is 0.392. The van der Waals surface area contributed by atoms with Crippen LogP contribution in [-0.2, 0) is 23.0 Å². The lowest BCUT2D eigenvalue weighted by atomic mass is 10.0. The van der Waals surface area contributed by atoms with Crippen molar-refractivity contribution in [2.45, 2.75) is 33.7 Å². The Bertz CT molecular complexity index is 1310. The number of nitrogens with zero attached hydrogens (tertiary/aromatic N) is 3. The van der Waals surface area contributed by atoms with Crippen molar-refractivity contribution in [1.82, 2.24) is 14.3 Å². The molecule has 0 saturated carbocycles. The zero-order valence-corrected chi connectivity index (χ0v) is 20.5. The second-order valence-corrected chi connectivity index (χ2v) is 10.5. The normalized spacial score (nSPS) is 13.9. The first kappa shape index (κ1) is 23.9. The molecule has 180 valence electrons. The van der Waals surface area contributed by atoms with Gasteiger partial charge in [-0.15, -0.1) is 0 Å². The maximum Gasteiger partial charge on any atom is 0.229 e. The summed E-state index contributed by atoms with van der Waals surface area (Å²) in [6.07, 6.45) is 1.71. The summed E-state index contributed by atoms with van der Waals surface area (Å²) in [6, 6.07) is 9.41. The number of nitrogens with one attached hydrogen (secondary N) is 2. The summed E-state index contributed by atoms with van der Waals surface area (Å²) in [7, 11) is -1.60. The van der Waals surface area contributed by atoms with Crippen molar-refractivity contribution < 1.29 is 17.5 Å². The number of ether oxygens (including phenoxy) is 1. The molecule has 2 N–H and O–H groups in total. The summed E-state index contributed by atoms with van der Waals surface area (Å²) < 4.78 is 45.8. The van der Waals surface area contributed by atoms with Crippen LogP contribution in [0.25, 0.3) is 0 Å². The van der Waals surface area contributed by atoms with E-state index in [4.69, 9.17) is 4.74 Å². The Kier molecular flexibility index (Phi) is 6.72. The maximum absolute atomic E-state index is 14.5. The predicted octanol–water partition coefficient (Wildman–Crippen LogP) is 4.44. The van der Waals surface area contributed by atoms with Crippen LogP contribution in [0.4, 0.5) is 27.5 Å². The Morgan fingerprint density at radius 1 is 1.09 bits per heavy atom. The summed E-state index contributed by atoms with van der Waals surface area (Å²) in [5.41, 5.74) is 5.35. The Labute approximate surface area is 199 Å². The van der Waals surface area contributed by atoms with Crippen LogP contribution in [0.5, 0.6) is 5.75 Å². The van der Waals surface area contributed by atoms with Gasteiger partial charge in [0.05, 0.1) is 19.1 Å². The molecule has 2 heterocycles. The first-order valence-corrected chi connectivity index (χ1v) is 12.6. The van der Waals surface area contributed by atoms with Gasteiger partial charge in [-0.2, -0.15) is 9.29 Å². The van der Waals surface area contributed by atoms with Crippen molar-refractivity contribution in [3.05, 3.63) is 64.6 Å². The fraction of sp³-hybridized carbons (Fsp3) is 0.333. The van der Waals surface area contributed by atoms with Gasteiger partial charge in [0, 0.05) is 24.5 Å². The van der Waals surface area contributed by atoms with E-state index in [1.54, 1.807) is 20.1 Å². The number of aromatic nitrogens is 2. The van der Waals surface area contributed by atoms with Gasteiger partial charge in [0.15, 0.2) is 11.6 Å². The van der Waals surface area contributed by atoms with Crippen LogP contribution in [0, 0.1) is 19.7 Å². The van der Waals surface area contributed by atoms with Crippen molar-refractivity contribution >= 4 is 33.2 Å². The van der Waals surface area contributed by atoms with Gasteiger partial charge in [-0.1, -0.05) is 6.07 Å². The third-order valence-electron chi connectivity index (χ3n) is 5.87. The third-order valence-corrected chi connectivity index (χ3v) is 7.70. The Balaban J connectivity index is 1.53. The van der Waals surface area contributed by atoms with Crippen LogP contribution in [0.15, 0.2) is 36.5 Å². The van der Waals surface area contributed by atoms with Gasteiger partial charge in [-0.25, -0.2) is 17.8 Å². The molecule has 1 aliphatic rings. The van der Waals surface area contributed by atoms with Crippen LogP contribution in [0.3, 0.4) is 0 Å². The van der Waals surface area contributed by atoms with Crippen molar-refractivity contribution in [1.29, 1.82) is 0 Å². The molecular formula is C24H28FN5O3S. The highest BCUT2D eigenvalue weighted by Gasteiger charge is 2.25. The van der Waals surface area contributed by atoms with Crippen LogP contribution in [0.2, 0.25) is 0 Å². The van der Waals surface area contributed by atoms with Crippen LogP contribution in [-0.4, -0.2) is 42.1 Å². The molecule has 0 bridgehead atoms. The highest BCUT2D eigenvalue weighted by atomic mass is 32.2. The van der Waals surface area contributed by atoms with Gasteiger partial charge in [0.25, 0.3) is 0 Å². The molecular weight excluding hydrogens is 457 g/mol. The molecule has 34 heavy (non-hydrogen) atoms. The topological polar surface area (TPSA) is 96.5 Å². The Morgan fingerprint density at radius 3 is 2.50 bits per heavy atom. The van der Waals surface area contributed by atoms with E-state index in [-0.39, 0.29) is 17.5 Å². The van der Waals surface area contributed by atoms with E-state index in [0.29, 0.717) is 25.2 Å². The molecule has 0 radical (unpaired) electrons. The Morgan fingerprint density at radius 2 is 1.82 bits per heavy atom. The molecule has 0 amide bonds. The average molecular weight is 486 g/mol. The predicted molar refractivity (Wildman–Crippen MR) is 131 cm³/mol. The molecule has 8 nitrogen and oxygen atoms in total. The molecule has 10 heteroatoms. The molecule has 0 aliphatic carbocycles. The molecule has 2 aromatic carbocycles. The number of anilines is 4. The summed E-state index contributed by atoms with van der Waals surface area (Å²) in [6.45, 7) is 6.32. The summed E-state index contributed by atoms with van der Waals surface area (Å²) in [4.78, 5) is 8.36. The van der Waals surface area contributed by atoms with Gasteiger partial charge in [-0.3, -0.25) is 0 Å². The van der Waals surface area contributed by atoms with Crippen LogP contribution < -0.4 is 15.4 Å². The second kappa shape index (κ2) is 9.55. The number of hydrogen-bond acceptors (Lipinski definition) is 7. The quantitative estimate of drug-likeness (QED) is 0.511. The number of hydrogen-bond donors (Lipinski definition) is 2. The number of benzene rings is 2. The Hall–Kier alpha value is -3.24. The number of fused-ring (bicyclic) bond motifs is 1. The first-order chi connectivity index (χ1) is 16.2. The van der Waals surface area contributed by atoms with Crippen molar-refractivity contribution in [2.24, 2.45) is 0 Å². The number of sulfonamides is 1. The summed E-state index contributed by atoms with van der Waals surface area (Å²) >= 11 is 0. The van der Waals surface area contributed by atoms with E-state index in [0.717, 1.165) is 39.9 Å². The molecule has 1 aliphatic heterocycles. The minimum absolute atomic E-state index is 0.0467. The van der Waals surface area contributed by atoms with E-state index >= 15 is 0 Å². The lowest BCUT2D eigenvalue weighted by Gasteiger charge is -2.28. The highest BCUT2D eigenvalue weighted by Crippen LogP contribution is 2.29. The van der Waals surface area contributed by atoms with Crippen molar-refractivity contribution in [3.8, 4) is 5.75 Å². The molecule has 1 aromatic heterocycles. The molecule has 0 spiro atoms. The summed E-state index contributed by atoms with van der Waals surface area (Å²) in [5, 5.41) is 6.14. The number of halogens is 1. The largest absolute Gasteiger partial charge is 0.496 e. The van der Waals surface area contributed by atoms with E-state index in [9.17, 15) is 12.8 Å². The minimum Gasteiger partial charge on any atom is -0.496 e. The zero-order chi connectivity index (χ0) is 24.5. The van der Waals surface area contributed by atoms with E-state index in [1.807, 2.05) is 38.1 Å². The minimum atomic E-state index is -3.23. The van der Waals surface area contributed by atoms with E-state index < -0.39 is 15.8 Å². The summed E-state index contributed by atoms with van der Waals surface area (Å²) in [5.74, 6) is 0.624. The van der Waals surface area contributed by atoms with Crippen molar-refractivity contribution in [3.63, 3.8) is 0 Å².